The van der Waals surface area contributed by atoms with Crippen molar-refractivity contribution < 1.29 is 0 Å². The van der Waals surface area contributed by atoms with Gasteiger partial charge in [0.2, 0.25) is 0 Å². The van der Waals surface area contributed by atoms with E-state index in [1.165, 1.54) is 4.57 Å². The van der Waals surface area contributed by atoms with E-state index in [1.807, 2.05) is 18.2 Å². The Balaban J connectivity index is 1.57. The fourth-order valence-corrected chi connectivity index (χ4v) is 7.12. The number of aromatic nitrogens is 3. The second-order valence-electron chi connectivity index (χ2n) is 7.69. The van der Waals surface area contributed by atoms with Crippen LogP contribution in [0.4, 0.5) is 0 Å². The van der Waals surface area contributed by atoms with Crippen LogP contribution in [0.3, 0.4) is 0 Å². The first-order valence-electron chi connectivity index (χ1n) is 8.16. The zero-order chi connectivity index (χ0) is 15.2. The molecule has 112 valence electrons. The second kappa shape index (κ2) is 2.82. The molecule has 0 N–H and O–H groups in total. The average molecular weight is 304 g/mol. The summed E-state index contributed by atoms with van der Waals surface area (Å²) in [6.07, 6.45) is 0. The third kappa shape index (κ3) is 0.724. The quantitative estimate of drug-likeness (QED) is 0.772. The lowest BCUT2D eigenvalue weighted by Crippen LogP contribution is -2.95. The van der Waals surface area contributed by atoms with Crippen LogP contribution in [-0.4, -0.2) is 13.9 Å². The van der Waals surface area contributed by atoms with Crippen molar-refractivity contribution in [2.24, 2.45) is 35.0 Å². The molecule has 0 radical (unpaired) electrons. The van der Waals surface area contributed by atoms with E-state index in [9.17, 15) is 14.9 Å². The number of rotatable bonds is 1. The van der Waals surface area contributed by atoms with E-state index in [0.717, 1.165) is 0 Å². The summed E-state index contributed by atoms with van der Waals surface area (Å²) >= 11 is 0. The topological polar surface area (TPSA) is 72.7 Å². The Labute approximate surface area is 130 Å². The van der Waals surface area contributed by atoms with Crippen LogP contribution in [0.15, 0.2) is 39.9 Å². The van der Waals surface area contributed by atoms with Gasteiger partial charge in [-0.2, -0.15) is 5.26 Å². The number of hydrogen-bond donors (Lipinski definition) is 0. The van der Waals surface area contributed by atoms with Gasteiger partial charge in [-0.1, -0.05) is 18.2 Å². The highest BCUT2D eigenvalue weighted by Crippen LogP contribution is 2.96. The van der Waals surface area contributed by atoms with Crippen LogP contribution in [0.25, 0.3) is 5.69 Å². The van der Waals surface area contributed by atoms with Crippen molar-refractivity contribution in [3.05, 3.63) is 51.3 Å². The number of nitriles is 1. The molecule has 8 atom stereocenters. The van der Waals surface area contributed by atoms with Crippen molar-refractivity contribution in [1.29, 1.82) is 5.26 Å². The van der Waals surface area contributed by atoms with Gasteiger partial charge in [0.1, 0.15) is 0 Å². The minimum atomic E-state index is -0.353. The van der Waals surface area contributed by atoms with E-state index < -0.39 is 0 Å². The number of benzene rings is 1. The molecule has 1 aromatic carbocycles. The first-order valence-corrected chi connectivity index (χ1v) is 8.16. The molecule has 23 heavy (non-hydrogen) atoms. The van der Waals surface area contributed by atoms with Crippen LogP contribution in [-0.2, 0) is 0 Å². The van der Waals surface area contributed by atoms with E-state index in [4.69, 9.17) is 0 Å². The molecule has 2 aromatic rings. The summed E-state index contributed by atoms with van der Waals surface area (Å²) in [5.41, 5.74) is -0.267. The Bertz CT molecular complexity index is 1090. The lowest BCUT2D eigenvalue weighted by atomic mass is 9.11. The average Bonchev–Trinajstić information content (AvgIpc) is 2.78. The fraction of sp³-hybridized carbons (Fsp3) is 0.471. The van der Waals surface area contributed by atoms with Gasteiger partial charge in [-0.3, -0.25) is 0 Å². The summed E-state index contributed by atoms with van der Waals surface area (Å²) in [5, 5.41) is 9.77. The first-order chi connectivity index (χ1) is 11.2. The van der Waals surface area contributed by atoms with Gasteiger partial charge in [-0.05, 0) is 35.8 Å². The Kier molecular flexibility index (Phi) is 1.36. The third-order valence-electron chi connectivity index (χ3n) is 7.61. The molecule has 3 heterocycles. The highest BCUT2D eigenvalue weighted by atomic mass is 16.2. The Morgan fingerprint density at radius 2 is 1.70 bits per heavy atom. The molecule has 8 rings (SSSR count). The summed E-state index contributed by atoms with van der Waals surface area (Å²) < 4.78 is 4.59. The summed E-state index contributed by atoms with van der Waals surface area (Å²) in [4.78, 5) is 25.9. The maximum absolute atomic E-state index is 13.0. The van der Waals surface area contributed by atoms with E-state index in [1.54, 1.807) is 21.5 Å². The highest BCUT2D eigenvalue weighted by Gasteiger charge is 2.97. The molecule has 0 spiro atoms. The van der Waals surface area contributed by atoms with Gasteiger partial charge in [0.15, 0.2) is 0 Å². The Hall–Kier alpha value is -2.55. The van der Waals surface area contributed by atoms with Gasteiger partial charge in [0.25, 0.3) is 0 Å². The van der Waals surface area contributed by atoms with Crippen LogP contribution < -0.4 is 11.4 Å². The maximum atomic E-state index is 13.0. The molecule has 6 nitrogen and oxygen atoms in total. The zero-order valence-corrected chi connectivity index (χ0v) is 12.0. The van der Waals surface area contributed by atoms with E-state index in [-0.39, 0.29) is 28.9 Å². The maximum Gasteiger partial charge on any atom is 0.352 e. The molecular weight excluding hydrogens is 292 g/mol. The van der Waals surface area contributed by atoms with Crippen LogP contribution in [0.1, 0.15) is 12.1 Å². The Morgan fingerprint density at radius 3 is 2.43 bits per heavy atom. The van der Waals surface area contributed by atoms with Gasteiger partial charge >= 0.3 is 11.4 Å². The predicted molar refractivity (Wildman–Crippen MR) is 77.9 cm³/mol. The second-order valence-corrected chi connectivity index (χ2v) is 7.69. The number of nitrogens with zero attached hydrogens (tertiary/aromatic N) is 4. The Morgan fingerprint density at radius 1 is 0.957 bits per heavy atom. The molecule has 2 aliphatic heterocycles. The van der Waals surface area contributed by atoms with Crippen molar-refractivity contribution in [3.63, 3.8) is 0 Å². The SMILES string of the molecule is N#C[C@]12[C@@H]3[C@H]4[C@H]5[C@@H]3[C@H]1[C@@H]5n1c(=O)n(-c3ccccc3)c(=O)n1[C@@H]42. The van der Waals surface area contributed by atoms with Crippen molar-refractivity contribution in [1.82, 2.24) is 13.9 Å². The van der Waals surface area contributed by atoms with Crippen molar-refractivity contribution >= 4 is 0 Å². The molecule has 1 aromatic heterocycles. The smallest absolute Gasteiger partial charge is 0.245 e. The largest absolute Gasteiger partial charge is 0.352 e. The normalized spacial score (nSPS) is 48.0. The fourth-order valence-electron chi connectivity index (χ4n) is 7.12. The molecular formula is C17H12N4O2. The van der Waals surface area contributed by atoms with Crippen LogP contribution in [0.2, 0.25) is 0 Å². The number of hydrogen-bond acceptors (Lipinski definition) is 3. The van der Waals surface area contributed by atoms with E-state index in [2.05, 4.69) is 6.07 Å². The van der Waals surface area contributed by atoms with Crippen LogP contribution in [0.5, 0.6) is 0 Å². The summed E-state index contributed by atoms with van der Waals surface area (Å²) in [6.45, 7) is 0. The van der Waals surface area contributed by atoms with E-state index >= 15 is 0 Å². The summed E-state index contributed by atoms with van der Waals surface area (Å²) in [5.74, 6) is 2.45. The third-order valence-corrected chi connectivity index (χ3v) is 7.61. The lowest BCUT2D eigenvalue weighted by molar-refractivity contribution is -0.482. The molecule has 0 saturated heterocycles. The standard InChI is InChI=1S/C17H12N4O2/c18-6-17-11-9-8-10(11)14(17)21-16(23)19(7-4-2-1-3-5-7)15(22)20(21)13(8)12(9)17/h1-5,8-14H/t8-,9+,10-,11+,12+,13-,14+,17+/m1/s1. The van der Waals surface area contributed by atoms with Crippen LogP contribution in [0, 0.1) is 46.3 Å². The summed E-state index contributed by atoms with van der Waals surface area (Å²) in [6, 6.07) is 11.6. The van der Waals surface area contributed by atoms with E-state index in [0.29, 0.717) is 35.3 Å². The van der Waals surface area contributed by atoms with Crippen molar-refractivity contribution in [3.8, 4) is 11.8 Å². The van der Waals surface area contributed by atoms with Gasteiger partial charge < -0.3 is 0 Å². The monoisotopic (exact) mass is 304 g/mol. The molecule has 4 aliphatic carbocycles. The summed E-state index contributed by atoms with van der Waals surface area (Å²) in [7, 11) is 0. The molecule has 4 fully saturated rings. The zero-order valence-electron chi connectivity index (χ0n) is 12.0. The van der Waals surface area contributed by atoms with Crippen molar-refractivity contribution in [2.45, 2.75) is 12.1 Å². The van der Waals surface area contributed by atoms with Crippen molar-refractivity contribution in [2.75, 3.05) is 0 Å². The van der Waals surface area contributed by atoms with Gasteiger partial charge in [-0.25, -0.2) is 23.5 Å². The predicted octanol–water partition coefficient (Wildman–Crippen LogP) is 0.542. The lowest BCUT2D eigenvalue weighted by Gasteiger charge is -2.94. The minimum Gasteiger partial charge on any atom is -0.245 e. The molecule has 0 amide bonds. The van der Waals surface area contributed by atoms with Crippen LogP contribution >= 0.6 is 0 Å². The van der Waals surface area contributed by atoms with Gasteiger partial charge in [0.05, 0.1) is 29.3 Å². The molecule has 2 bridgehead atoms. The minimum absolute atomic E-state index is 0.0739. The van der Waals surface area contributed by atoms with Gasteiger partial charge in [-0.15, -0.1) is 0 Å². The molecule has 6 heteroatoms. The molecule has 0 unspecified atom stereocenters. The molecule has 4 saturated carbocycles. The highest BCUT2D eigenvalue weighted by molar-refractivity contribution is 5.48. The van der Waals surface area contributed by atoms with Gasteiger partial charge in [0, 0.05) is 5.92 Å². The number of para-hydroxylation sites is 1. The molecule has 6 aliphatic rings. The first kappa shape index (κ1) is 11.1.